The molecule has 3 amide bonds. The number of amides is 3. The van der Waals surface area contributed by atoms with E-state index >= 15 is 0 Å². The SMILES string of the molecule is CNC(=O)C1=C(c2c[nH]c3ccccc23)OC(c2ccc3c(c2)OCO3)N1C(=O)CN(C)C(=O)OC(C)(C)C. The number of benzene rings is 2. The number of hydrogen-bond donors (Lipinski definition) is 2. The Morgan fingerprint density at radius 2 is 1.87 bits per heavy atom. The first-order chi connectivity index (χ1) is 18.6. The average Bonchev–Trinajstić information content (AvgIpc) is 3.62. The van der Waals surface area contributed by atoms with Crippen LogP contribution in [0.1, 0.15) is 38.1 Å². The fourth-order valence-electron chi connectivity index (χ4n) is 4.45. The molecule has 2 N–H and O–H groups in total. The summed E-state index contributed by atoms with van der Waals surface area (Å²) >= 11 is 0. The molecule has 2 aliphatic heterocycles. The third-order valence-electron chi connectivity index (χ3n) is 6.22. The molecule has 3 aromatic rings. The lowest BCUT2D eigenvalue weighted by molar-refractivity contribution is -0.138. The predicted octanol–water partition coefficient (Wildman–Crippen LogP) is 3.74. The molecule has 0 bridgehead atoms. The largest absolute Gasteiger partial charge is 0.463 e. The molecule has 2 aromatic carbocycles. The number of aromatic amines is 1. The van der Waals surface area contributed by atoms with E-state index in [0.717, 1.165) is 15.8 Å². The van der Waals surface area contributed by atoms with Crippen molar-refractivity contribution in [3.63, 3.8) is 0 Å². The van der Waals surface area contributed by atoms with Crippen LogP contribution in [0.5, 0.6) is 11.5 Å². The van der Waals surface area contributed by atoms with Crippen molar-refractivity contribution in [2.45, 2.75) is 32.6 Å². The van der Waals surface area contributed by atoms with Crippen molar-refractivity contribution < 1.29 is 33.3 Å². The standard InChI is InChI=1S/C28H30N4O7/c1-28(2,3)39-27(35)31(5)14-22(33)32-23(25(34)29-4)24(18-13-30-19-9-7-6-8-17(18)19)38-26(32)16-10-11-20-21(12-16)37-15-36-20/h6-13,26,30H,14-15H2,1-5H3,(H,29,34). The molecule has 0 radical (unpaired) electrons. The van der Waals surface area contributed by atoms with E-state index in [-0.39, 0.29) is 24.8 Å². The predicted molar refractivity (Wildman–Crippen MR) is 141 cm³/mol. The third kappa shape index (κ3) is 4.95. The maximum atomic E-state index is 13.9. The number of nitrogens with one attached hydrogen (secondary N) is 2. The number of para-hydroxylation sites is 1. The molecule has 1 atom stereocenters. The molecule has 11 heteroatoms. The quantitative estimate of drug-likeness (QED) is 0.511. The van der Waals surface area contributed by atoms with Crippen molar-refractivity contribution in [1.82, 2.24) is 20.1 Å². The minimum atomic E-state index is -1.02. The summed E-state index contributed by atoms with van der Waals surface area (Å²) in [7, 11) is 2.94. The highest BCUT2D eigenvalue weighted by Crippen LogP contribution is 2.45. The molecular weight excluding hydrogens is 504 g/mol. The van der Waals surface area contributed by atoms with Crippen LogP contribution in [0, 0.1) is 0 Å². The summed E-state index contributed by atoms with van der Waals surface area (Å²) in [6.45, 7) is 4.94. The number of hydrogen-bond acceptors (Lipinski definition) is 7. The number of carbonyl (C=O) groups excluding carboxylic acids is 3. The summed E-state index contributed by atoms with van der Waals surface area (Å²) in [5, 5.41) is 3.44. The monoisotopic (exact) mass is 534 g/mol. The van der Waals surface area contributed by atoms with Gasteiger partial charge < -0.3 is 34.1 Å². The molecule has 1 aromatic heterocycles. The fourth-order valence-corrected chi connectivity index (χ4v) is 4.45. The first-order valence-corrected chi connectivity index (χ1v) is 12.4. The second kappa shape index (κ2) is 9.90. The van der Waals surface area contributed by atoms with Gasteiger partial charge in [-0.3, -0.25) is 14.5 Å². The lowest BCUT2D eigenvalue weighted by Gasteiger charge is -2.28. The smallest absolute Gasteiger partial charge is 0.410 e. The molecule has 0 fully saturated rings. The van der Waals surface area contributed by atoms with Crippen molar-refractivity contribution in [3.05, 3.63) is 65.5 Å². The van der Waals surface area contributed by atoms with Crippen LogP contribution in [0.4, 0.5) is 4.79 Å². The average molecular weight is 535 g/mol. The van der Waals surface area contributed by atoms with E-state index in [1.54, 1.807) is 45.2 Å². The Morgan fingerprint density at radius 1 is 1.13 bits per heavy atom. The first kappa shape index (κ1) is 26.0. The summed E-state index contributed by atoms with van der Waals surface area (Å²) < 4.78 is 22.8. The van der Waals surface area contributed by atoms with Gasteiger partial charge in [-0.25, -0.2) is 4.79 Å². The molecule has 204 valence electrons. The summed E-state index contributed by atoms with van der Waals surface area (Å²) in [5.74, 6) is 0.223. The van der Waals surface area contributed by atoms with Gasteiger partial charge in [-0.1, -0.05) is 18.2 Å². The minimum absolute atomic E-state index is 0.0208. The molecule has 3 heterocycles. The zero-order valence-corrected chi connectivity index (χ0v) is 22.4. The van der Waals surface area contributed by atoms with Gasteiger partial charge in [0, 0.05) is 42.3 Å². The van der Waals surface area contributed by atoms with Crippen molar-refractivity contribution in [3.8, 4) is 11.5 Å². The maximum absolute atomic E-state index is 13.9. The van der Waals surface area contributed by atoms with E-state index in [2.05, 4.69) is 10.3 Å². The lowest BCUT2D eigenvalue weighted by Crippen LogP contribution is -2.44. The number of fused-ring (bicyclic) bond motifs is 2. The minimum Gasteiger partial charge on any atom is -0.463 e. The van der Waals surface area contributed by atoms with Crippen LogP contribution < -0.4 is 14.8 Å². The van der Waals surface area contributed by atoms with Gasteiger partial charge in [0.2, 0.25) is 18.9 Å². The van der Waals surface area contributed by atoms with Gasteiger partial charge in [0.05, 0.1) is 0 Å². The summed E-state index contributed by atoms with van der Waals surface area (Å²) in [5.41, 5.74) is 1.30. The number of aromatic nitrogens is 1. The van der Waals surface area contributed by atoms with Gasteiger partial charge in [0.15, 0.2) is 23.0 Å². The van der Waals surface area contributed by atoms with Gasteiger partial charge in [0.1, 0.15) is 12.1 Å². The molecule has 1 unspecified atom stereocenters. The number of likely N-dealkylation sites (N-methyl/N-ethyl adjacent to an activating group) is 2. The first-order valence-electron chi connectivity index (χ1n) is 12.4. The molecular formula is C28H30N4O7. The second-order valence-electron chi connectivity index (χ2n) is 10.2. The van der Waals surface area contributed by atoms with Crippen molar-refractivity contribution >= 4 is 34.6 Å². The van der Waals surface area contributed by atoms with Crippen LogP contribution in [0.3, 0.4) is 0 Å². The normalized spacial score (nSPS) is 16.3. The fraction of sp³-hybridized carbons (Fsp3) is 0.321. The van der Waals surface area contributed by atoms with Crippen LogP contribution in [-0.4, -0.2) is 65.7 Å². The number of nitrogens with zero attached hydrogens (tertiary/aromatic N) is 2. The zero-order chi connectivity index (χ0) is 27.9. The Bertz CT molecular complexity index is 1490. The topological polar surface area (TPSA) is 122 Å². The highest BCUT2D eigenvalue weighted by atomic mass is 16.7. The van der Waals surface area contributed by atoms with Crippen LogP contribution in [-0.2, 0) is 19.1 Å². The number of rotatable bonds is 5. The summed E-state index contributed by atoms with van der Waals surface area (Å²) in [6.07, 6.45) is 0.0494. The zero-order valence-electron chi connectivity index (χ0n) is 22.4. The van der Waals surface area contributed by atoms with Crippen LogP contribution in [0.25, 0.3) is 16.7 Å². The molecule has 39 heavy (non-hydrogen) atoms. The van der Waals surface area contributed by atoms with E-state index in [1.807, 2.05) is 24.3 Å². The van der Waals surface area contributed by atoms with Gasteiger partial charge in [0.25, 0.3) is 5.91 Å². The van der Waals surface area contributed by atoms with Crippen molar-refractivity contribution in [2.24, 2.45) is 0 Å². The molecule has 11 nitrogen and oxygen atoms in total. The second-order valence-corrected chi connectivity index (χ2v) is 10.2. The highest BCUT2D eigenvalue weighted by molar-refractivity contribution is 6.07. The van der Waals surface area contributed by atoms with Crippen molar-refractivity contribution in [1.29, 1.82) is 0 Å². The lowest BCUT2D eigenvalue weighted by atomic mass is 10.1. The van der Waals surface area contributed by atoms with E-state index in [4.69, 9.17) is 18.9 Å². The molecule has 0 saturated heterocycles. The Labute approximate surface area is 225 Å². The van der Waals surface area contributed by atoms with E-state index in [0.29, 0.717) is 22.6 Å². The number of ether oxygens (including phenoxy) is 4. The molecule has 0 aliphatic carbocycles. The molecule has 0 spiro atoms. The third-order valence-corrected chi connectivity index (χ3v) is 6.22. The Hall–Kier alpha value is -4.67. The van der Waals surface area contributed by atoms with Crippen LogP contribution in [0.2, 0.25) is 0 Å². The molecule has 0 saturated carbocycles. The maximum Gasteiger partial charge on any atom is 0.410 e. The van der Waals surface area contributed by atoms with Crippen LogP contribution >= 0.6 is 0 Å². The van der Waals surface area contributed by atoms with E-state index in [1.165, 1.54) is 19.0 Å². The Balaban J connectivity index is 1.59. The highest BCUT2D eigenvalue weighted by Gasteiger charge is 2.44. The van der Waals surface area contributed by atoms with E-state index < -0.39 is 29.7 Å². The number of carbonyl (C=O) groups is 3. The summed E-state index contributed by atoms with van der Waals surface area (Å²) in [4.78, 5) is 45.5. The van der Waals surface area contributed by atoms with Gasteiger partial charge in [-0.05, 0) is 45.0 Å². The van der Waals surface area contributed by atoms with Gasteiger partial charge in [-0.15, -0.1) is 0 Å². The molecule has 5 rings (SSSR count). The van der Waals surface area contributed by atoms with Crippen LogP contribution in [0.15, 0.2) is 54.4 Å². The Kier molecular flexibility index (Phi) is 6.59. The van der Waals surface area contributed by atoms with Gasteiger partial charge in [-0.2, -0.15) is 0 Å². The molecule has 2 aliphatic rings. The van der Waals surface area contributed by atoms with E-state index in [9.17, 15) is 14.4 Å². The Morgan fingerprint density at radius 3 is 2.62 bits per heavy atom. The number of H-pyrrole nitrogens is 1. The summed E-state index contributed by atoms with van der Waals surface area (Å²) in [6, 6.07) is 12.8. The van der Waals surface area contributed by atoms with Crippen molar-refractivity contribution in [2.75, 3.05) is 27.4 Å². The van der Waals surface area contributed by atoms with Gasteiger partial charge >= 0.3 is 6.09 Å².